The first-order valence-electron chi connectivity index (χ1n) is 13.8. The van der Waals surface area contributed by atoms with Gasteiger partial charge in [-0.1, -0.05) is 74.7 Å². The standard InChI is InChI=1S/C29H38N8/c1-2-3-4-5-10-27-31-28(19-21-13-17-24(30)18-14-21)37(34-27)20-22-11-15-23(16-12-22)25-8-6-7-9-26(25)29-32-35-36-33-29/h6-9,11-12,15-16,21,24H,2-5,10,13-14,17-20,30H2,1H3,(H,32,33,35,36). The van der Waals surface area contributed by atoms with Crippen molar-refractivity contribution in [2.75, 3.05) is 0 Å². The summed E-state index contributed by atoms with van der Waals surface area (Å²) < 4.78 is 2.15. The van der Waals surface area contributed by atoms with E-state index in [0.29, 0.717) is 17.8 Å². The van der Waals surface area contributed by atoms with Gasteiger partial charge in [0, 0.05) is 24.4 Å². The molecule has 0 radical (unpaired) electrons. The van der Waals surface area contributed by atoms with E-state index in [1.165, 1.54) is 37.7 Å². The first-order valence-corrected chi connectivity index (χ1v) is 13.8. The van der Waals surface area contributed by atoms with Gasteiger partial charge in [-0.25, -0.2) is 14.8 Å². The number of aryl methyl sites for hydroxylation is 1. The molecule has 0 amide bonds. The molecule has 2 aromatic heterocycles. The van der Waals surface area contributed by atoms with Crippen LogP contribution in [-0.2, 0) is 19.4 Å². The van der Waals surface area contributed by atoms with Crippen molar-refractivity contribution < 1.29 is 0 Å². The third-order valence-corrected chi connectivity index (χ3v) is 7.53. The third-order valence-electron chi connectivity index (χ3n) is 7.53. The average molecular weight is 499 g/mol. The Labute approximate surface area is 219 Å². The van der Waals surface area contributed by atoms with Crippen LogP contribution in [0.15, 0.2) is 48.5 Å². The van der Waals surface area contributed by atoms with Crippen LogP contribution < -0.4 is 5.73 Å². The van der Waals surface area contributed by atoms with Crippen LogP contribution in [0.4, 0.5) is 0 Å². The Morgan fingerprint density at radius 2 is 1.73 bits per heavy atom. The molecule has 0 aliphatic heterocycles. The smallest absolute Gasteiger partial charge is 0.180 e. The summed E-state index contributed by atoms with van der Waals surface area (Å²) in [7, 11) is 0. The second-order valence-corrected chi connectivity index (χ2v) is 10.4. The summed E-state index contributed by atoms with van der Waals surface area (Å²) in [5.41, 5.74) is 10.6. The Morgan fingerprint density at radius 3 is 2.46 bits per heavy atom. The molecule has 5 rings (SSSR count). The Morgan fingerprint density at radius 1 is 0.946 bits per heavy atom. The SMILES string of the molecule is CCCCCCc1nc(CC2CCC(N)CC2)n(Cc2ccc(-c3ccccc3-c3nnn[nH]3)cc2)n1. The lowest BCUT2D eigenvalue weighted by Gasteiger charge is -2.25. The molecule has 0 saturated heterocycles. The number of unbranched alkanes of at least 4 members (excludes halogenated alkanes) is 3. The first kappa shape index (κ1) is 25.3. The van der Waals surface area contributed by atoms with Gasteiger partial charge in [0.05, 0.1) is 6.54 Å². The van der Waals surface area contributed by atoms with Gasteiger partial charge in [0.15, 0.2) is 11.6 Å². The lowest BCUT2D eigenvalue weighted by Crippen LogP contribution is -2.27. The van der Waals surface area contributed by atoms with E-state index in [4.69, 9.17) is 15.8 Å². The van der Waals surface area contributed by atoms with Crippen molar-refractivity contribution in [3.63, 3.8) is 0 Å². The van der Waals surface area contributed by atoms with E-state index in [9.17, 15) is 0 Å². The van der Waals surface area contributed by atoms with Crippen molar-refractivity contribution in [2.24, 2.45) is 11.7 Å². The molecule has 8 heteroatoms. The number of hydrogen-bond acceptors (Lipinski definition) is 6. The third kappa shape index (κ3) is 6.49. The summed E-state index contributed by atoms with van der Waals surface area (Å²) in [6, 6.07) is 17.3. The molecular weight excluding hydrogens is 460 g/mol. The predicted molar refractivity (Wildman–Crippen MR) is 146 cm³/mol. The van der Waals surface area contributed by atoms with E-state index in [1.54, 1.807) is 0 Å². The van der Waals surface area contributed by atoms with Crippen molar-refractivity contribution in [3.8, 4) is 22.5 Å². The molecule has 2 aromatic carbocycles. The zero-order valence-corrected chi connectivity index (χ0v) is 21.8. The summed E-state index contributed by atoms with van der Waals surface area (Å²) in [4.78, 5) is 5.02. The number of tetrazole rings is 1. The molecule has 0 spiro atoms. The number of nitrogens with zero attached hydrogens (tertiary/aromatic N) is 6. The van der Waals surface area contributed by atoms with Crippen LogP contribution >= 0.6 is 0 Å². The summed E-state index contributed by atoms with van der Waals surface area (Å²) in [5.74, 6) is 3.44. The fourth-order valence-electron chi connectivity index (χ4n) is 5.35. The Kier molecular flexibility index (Phi) is 8.35. The maximum absolute atomic E-state index is 6.15. The molecule has 194 valence electrons. The second kappa shape index (κ2) is 12.2. The molecule has 37 heavy (non-hydrogen) atoms. The number of rotatable bonds is 11. The number of nitrogens with two attached hydrogens (primary N) is 1. The summed E-state index contributed by atoms with van der Waals surface area (Å²) in [6.07, 6.45) is 11.5. The van der Waals surface area contributed by atoms with Gasteiger partial charge in [0.1, 0.15) is 5.82 Å². The Balaban J connectivity index is 1.33. The molecule has 8 nitrogen and oxygen atoms in total. The maximum atomic E-state index is 6.15. The minimum atomic E-state index is 0.368. The quantitative estimate of drug-likeness (QED) is 0.269. The van der Waals surface area contributed by atoms with E-state index in [2.05, 4.69) is 62.6 Å². The molecule has 1 aliphatic rings. The normalized spacial score (nSPS) is 17.8. The van der Waals surface area contributed by atoms with E-state index < -0.39 is 0 Å². The van der Waals surface area contributed by atoms with Crippen LogP contribution in [0.5, 0.6) is 0 Å². The number of aromatic amines is 1. The van der Waals surface area contributed by atoms with E-state index in [1.807, 2.05) is 18.2 Å². The minimum Gasteiger partial charge on any atom is -0.328 e. The zero-order chi connectivity index (χ0) is 25.5. The number of nitrogens with one attached hydrogen (secondary N) is 1. The number of H-pyrrole nitrogens is 1. The fourth-order valence-corrected chi connectivity index (χ4v) is 5.35. The van der Waals surface area contributed by atoms with Crippen molar-refractivity contribution in [3.05, 3.63) is 65.7 Å². The molecular formula is C29H38N8. The summed E-state index contributed by atoms with van der Waals surface area (Å²) in [5, 5.41) is 19.4. The van der Waals surface area contributed by atoms with Gasteiger partial charge >= 0.3 is 0 Å². The number of hydrogen-bond donors (Lipinski definition) is 2. The molecule has 1 saturated carbocycles. The Bertz CT molecular complexity index is 1240. The summed E-state index contributed by atoms with van der Waals surface area (Å²) >= 11 is 0. The molecule has 3 N–H and O–H groups in total. The van der Waals surface area contributed by atoms with Gasteiger partial charge in [-0.3, -0.25) is 0 Å². The highest BCUT2D eigenvalue weighted by Crippen LogP contribution is 2.30. The van der Waals surface area contributed by atoms with Crippen LogP contribution in [0.1, 0.15) is 75.5 Å². The first-order chi connectivity index (χ1) is 18.2. The van der Waals surface area contributed by atoms with Gasteiger partial charge in [-0.15, -0.1) is 5.10 Å². The molecule has 0 bridgehead atoms. The highest BCUT2D eigenvalue weighted by atomic mass is 15.5. The van der Waals surface area contributed by atoms with E-state index >= 15 is 0 Å². The molecule has 0 atom stereocenters. The van der Waals surface area contributed by atoms with E-state index in [0.717, 1.165) is 67.0 Å². The lowest BCUT2D eigenvalue weighted by molar-refractivity contribution is 0.317. The van der Waals surface area contributed by atoms with Crippen LogP contribution in [0.3, 0.4) is 0 Å². The molecule has 0 unspecified atom stereocenters. The van der Waals surface area contributed by atoms with Crippen molar-refractivity contribution in [1.82, 2.24) is 35.4 Å². The number of aromatic nitrogens is 7. The highest BCUT2D eigenvalue weighted by molar-refractivity contribution is 5.80. The topological polar surface area (TPSA) is 111 Å². The summed E-state index contributed by atoms with van der Waals surface area (Å²) in [6.45, 7) is 2.98. The van der Waals surface area contributed by atoms with Crippen molar-refractivity contribution in [1.29, 1.82) is 0 Å². The van der Waals surface area contributed by atoms with Gasteiger partial charge in [0.25, 0.3) is 0 Å². The van der Waals surface area contributed by atoms with Crippen molar-refractivity contribution in [2.45, 2.75) is 83.7 Å². The molecule has 4 aromatic rings. The van der Waals surface area contributed by atoms with Gasteiger partial charge in [-0.2, -0.15) is 5.10 Å². The van der Waals surface area contributed by atoms with Crippen molar-refractivity contribution >= 4 is 0 Å². The number of benzene rings is 2. The second-order valence-electron chi connectivity index (χ2n) is 10.4. The predicted octanol–water partition coefficient (Wildman–Crippen LogP) is 5.36. The Hall–Kier alpha value is -3.39. The highest BCUT2D eigenvalue weighted by Gasteiger charge is 2.22. The van der Waals surface area contributed by atoms with Gasteiger partial charge in [0.2, 0.25) is 0 Å². The zero-order valence-electron chi connectivity index (χ0n) is 21.8. The van der Waals surface area contributed by atoms with Gasteiger partial charge < -0.3 is 5.73 Å². The molecule has 2 heterocycles. The van der Waals surface area contributed by atoms with E-state index in [-0.39, 0.29) is 0 Å². The minimum absolute atomic E-state index is 0.368. The van der Waals surface area contributed by atoms with Crippen LogP contribution in [-0.4, -0.2) is 41.4 Å². The lowest BCUT2D eigenvalue weighted by atomic mass is 9.84. The molecule has 1 fully saturated rings. The average Bonchev–Trinajstić information content (AvgIpc) is 3.59. The van der Waals surface area contributed by atoms with Crippen LogP contribution in [0.2, 0.25) is 0 Å². The van der Waals surface area contributed by atoms with Crippen LogP contribution in [0.25, 0.3) is 22.5 Å². The molecule has 1 aliphatic carbocycles. The maximum Gasteiger partial charge on any atom is 0.180 e. The largest absolute Gasteiger partial charge is 0.328 e. The van der Waals surface area contributed by atoms with Crippen LogP contribution in [0, 0.1) is 5.92 Å². The fraction of sp³-hybridized carbons (Fsp3) is 0.483. The van der Waals surface area contributed by atoms with Gasteiger partial charge in [-0.05, 0) is 65.1 Å². The monoisotopic (exact) mass is 498 g/mol.